The fourth-order valence-corrected chi connectivity index (χ4v) is 2.76. The molecule has 1 aliphatic rings. The Kier molecular flexibility index (Phi) is 5.37. The first-order valence-electron chi connectivity index (χ1n) is 7.26. The van der Waals surface area contributed by atoms with E-state index in [0.717, 1.165) is 13.1 Å². The maximum Gasteiger partial charge on any atom is 0.0232 e. The lowest BCUT2D eigenvalue weighted by atomic mass is 10.1. The van der Waals surface area contributed by atoms with Crippen molar-refractivity contribution in [3.8, 4) is 0 Å². The quantitative estimate of drug-likeness (QED) is 0.799. The van der Waals surface area contributed by atoms with Crippen LogP contribution in [0.15, 0.2) is 30.3 Å². The third-order valence-corrected chi connectivity index (χ3v) is 4.12. The molecule has 0 aromatic heterocycles. The third kappa shape index (κ3) is 4.60. The van der Waals surface area contributed by atoms with E-state index in [1.807, 2.05) is 0 Å². The van der Waals surface area contributed by atoms with Gasteiger partial charge in [0.1, 0.15) is 0 Å². The molecule has 0 saturated carbocycles. The Balaban J connectivity index is 1.75. The Hall–Kier alpha value is -0.900. The van der Waals surface area contributed by atoms with Gasteiger partial charge in [-0.15, -0.1) is 0 Å². The zero-order valence-electron chi connectivity index (χ0n) is 12.5. The number of rotatable bonds is 5. The van der Waals surface area contributed by atoms with Crippen molar-refractivity contribution in [2.24, 2.45) is 0 Å². The van der Waals surface area contributed by atoms with Gasteiger partial charge in [0.25, 0.3) is 0 Å². The van der Waals surface area contributed by atoms with Crippen LogP contribution in [0, 0.1) is 0 Å². The van der Waals surface area contributed by atoms with Crippen LogP contribution in [-0.4, -0.2) is 68.1 Å². The van der Waals surface area contributed by atoms with Crippen LogP contribution in [-0.2, 0) is 6.54 Å². The molecular formula is C16H27N3. The van der Waals surface area contributed by atoms with Gasteiger partial charge in [0.05, 0.1) is 0 Å². The van der Waals surface area contributed by atoms with Crippen LogP contribution in [0.25, 0.3) is 0 Å². The monoisotopic (exact) mass is 261 g/mol. The SMILES string of the molecule is CN(CC[C@@H]1CN(C)CCN1C)Cc1ccccc1. The van der Waals surface area contributed by atoms with Gasteiger partial charge in [-0.3, -0.25) is 0 Å². The fourth-order valence-electron chi connectivity index (χ4n) is 2.76. The summed E-state index contributed by atoms with van der Waals surface area (Å²) < 4.78 is 0. The minimum Gasteiger partial charge on any atom is -0.304 e. The van der Waals surface area contributed by atoms with E-state index in [0.29, 0.717) is 6.04 Å². The first-order chi connectivity index (χ1) is 9.15. The highest BCUT2D eigenvalue weighted by atomic mass is 15.3. The van der Waals surface area contributed by atoms with Crippen LogP contribution in [0.2, 0.25) is 0 Å². The average molecular weight is 261 g/mol. The predicted octanol–water partition coefficient (Wildman–Crippen LogP) is 1.75. The number of likely N-dealkylation sites (N-methyl/N-ethyl adjacent to an activating group) is 2. The number of hydrogen-bond acceptors (Lipinski definition) is 3. The lowest BCUT2D eigenvalue weighted by Gasteiger charge is -2.38. The second-order valence-corrected chi connectivity index (χ2v) is 5.91. The van der Waals surface area contributed by atoms with Gasteiger partial charge in [0, 0.05) is 32.2 Å². The lowest BCUT2D eigenvalue weighted by molar-refractivity contribution is 0.101. The van der Waals surface area contributed by atoms with Gasteiger partial charge in [0.2, 0.25) is 0 Å². The number of benzene rings is 1. The minimum absolute atomic E-state index is 0.706. The second-order valence-electron chi connectivity index (χ2n) is 5.91. The summed E-state index contributed by atoms with van der Waals surface area (Å²) in [5.41, 5.74) is 1.40. The Morgan fingerprint density at radius 1 is 1.16 bits per heavy atom. The average Bonchev–Trinajstić information content (AvgIpc) is 2.41. The standard InChI is InChI=1S/C16H27N3/c1-17(13-15-7-5-4-6-8-15)10-9-16-14-18(2)11-12-19(16)3/h4-8,16H,9-14H2,1-3H3/t16-/m1/s1. The summed E-state index contributed by atoms with van der Waals surface area (Å²) in [6.07, 6.45) is 1.25. The van der Waals surface area contributed by atoms with Crippen molar-refractivity contribution in [3.05, 3.63) is 35.9 Å². The molecule has 1 aromatic rings. The Bertz CT molecular complexity index is 366. The van der Waals surface area contributed by atoms with Gasteiger partial charge in [0.15, 0.2) is 0 Å². The van der Waals surface area contributed by atoms with Crippen molar-refractivity contribution in [1.29, 1.82) is 0 Å². The van der Waals surface area contributed by atoms with Crippen molar-refractivity contribution < 1.29 is 0 Å². The van der Waals surface area contributed by atoms with Gasteiger partial charge in [-0.25, -0.2) is 0 Å². The molecule has 0 aliphatic carbocycles. The van der Waals surface area contributed by atoms with Gasteiger partial charge < -0.3 is 14.7 Å². The summed E-state index contributed by atoms with van der Waals surface area (Å²) in [6.45, 7) is 5.82. The van der Waals surface area contributed by atoms with E-state index < -0.39 is 0 Å². The van der Waals surface area contributed by atoms with Crippen LogP contribution < -0.4 is 0 Å². The summed E-state index contributed by atoms with van der Waals surface area (Å²) >= 11 is 0. The highest BCUT2D eigenvalue weighted by molar-refractivity contribution is 5.14. The van der Waals surface area contributed by atoms with E-state index in [-0.39, 0.29) is 0 Å². The molecule has 1 aliphatic heterocycles. The van der Waals surface area contributed by atoms with E-state index in [4.69, 9.17) is 0 Å². The van der Waals surface area contributed by atoms with Crippen LogP contribution in [0.1, 0.15) is 12.0 Å². The Morgan fingerprint density at radius 3 is 2.63 bits per heavy atom. The van der Waals surface area contributed by atoms with E-state index >= 15 is 0 Å². The molecule has 0 amide bonds. The summed E-state index contributed by atoms with van der Waals surface area (Å²) in [4.78, 5) is 7.38. The van der Waals surface area contributed by atoms with E-state index in [2.05, 4.69) is 66.2 Å². The molecule has 0 bridgehead atoms. The summed E-state index contributed by atoms with van der Waals surface area (Å²) in [7, 11) is 6.71. The fraction of sp³-hybridized carbons (Fsp3) is 0.625. The first-order valence-corrected chi connectivity index (χ1v) is 7.26. The number of hydrogen-bond donors (Lipinski definition) is 0. The smallest absolute Gasteiger partial charge is 0.0232 e. The third-order valence-electron chi connectivity index (χ3n) is 4.12. The van der Waals surface area contributed by atoms with E-state index in [1.165, 1.54) is 31.6 Å². The van der Waals surface area contributed by atoms with Crippen LogP contribution in [0.4, 0.5) is 0 Å². The van der Waals surface area contributed by atoms with Crippen molar-refractivity contribution in [2.75, 3.05) is 47.3 Å². The molecule has 2 rings (SSSR count). The van der Waals surface area contributed by atoms with Gasteiger partial charge in [-0.05, 0) is 39.7 Å². The predicted molar refractivity (Wildman–Crippen MR) is 81.3 cm³/mol. The molecule has 19 heavy (non-hydrogen) atoms. The molecule has 3 heteroatoms. The lowest BCUT2D eigenvalue weighted by Crippen LogP contribution is -2.50. The zero-order valence-corrected chi connectivity index (χ0v) is 12.5. The number of nitrogens with zero attached hydrogens (tertiary/aromatic N) is 3. The molecule has 1 heterocycles. The molecule has 0 unspecified atom stereocenters. The van der Waals surface area contributed by atoms with Gasteiger partial charge in [-0.1, -0.05) is 30.3 Å². The molecule has 0 radical (unpaired) electrons. The molecule has 3 nitrogen and oxygen atoms in total. The van der Waals surface area contributed by atoms with Crippen LogP contribution in [0.5, 0.6) is 0 Å². The maximum absolute atomic E-state index is 2.51. The van der Waals surface area contributed by atoms with Crippen molar-refractivity contribution in [3.63, 3.8) is 0 Å². The van der Waals surface area contributed by atoms with Crippen molar-refractivity contribution >= 4 is 0 Å². The molecule has 106 valence electrons. The molecule has 0 N–H and O–H groups in total. The molecule has 1 atom stereocenters. The summed E-state index contributed by atoms with van der Waals surface area (Å²) in [6, 6.07) is 11.4. The molecule has 1 aromatic carbocycles. The second kappa shape index (κ2) is 7.04. The zero-order chi connectivity index (χ0) is 13.7. The molecular weight excluding hydrogens is 234 g/mol. The van der Waals surface area contributed by atoms with Crippen LogP contribution >= 0.6 is 0 Å². The molecule has 1 saturated heterocycles. The van der Waals surface area contributed by atoms with Gasteiger partial charge in [-0.2, -0.15) is 0 Å². The van der Waals surface area contributed by atoms with E-state index in [9.17, 15) is 0 Å². The van der Waals surface area contributed by atoms with Crippen molar-refractivity contribution in [1.82, 2.24) is 14.7 Å². The topological polar surface area (TPSA) is 9.72 Å². The van der Waals surface area contributed by atoms with E-state index in [1.54, 1.807) is 0 Å². The van der Waals surface area contributed by atoms with Crippen LogP contribution in [0.3, 0.4) is 0 Å². The summed E-state index contributed by atoms with van der Waals surface area (Å²) in [5.74, 6) is 0. The highest BCUT2D eigenvalue weighted by Crippen LogP contribution is 2.11. The van der Waals surface area contributed by atoms with Gasteiger partial charge >= 0.3 is 0 Å². The summed E-state index contributed by atoms with van der Waals surface area (Å²) in [5, 5.41) is 0. The Labute approximate surface area is 117 Å². The van der Waals surface area contributed by atoms with Crippen molar-refractivity contribution in [2.45, 2.75) is 19.0 Å². The molecule has 0 spiro atoms. The molecule has 1 fully saturated rings. The Morgan fingerprint density at radius 2 is 1.89 bits per heavy atom. The normalized spacial score (nSPS) is 22.0. The number of piperazine rings is 1. The maximum atomic E-state index is 2.51. The minimum atomic E-state index is 0.706. The largest absolute Gasteiger partial charge is 0.304 e. The first kappa shape index (κ1) is 14.5. The highest BCUT2D eigenvalue weighted by Gasteiger charge is 2.21.